The van der Waals surface area contributed by atoms with Crippen molar-refractivity contribution in [1.29, 1.82) is 0 Å². The Morgan fingerprint density at radius 1 is 1.12 bits per heavy atom. The second-order valence-corrected chi connectivity index (χ2v) is 5.93. The van der Waals surface area contributed by atoms with E-state index >= 15 is 0 Å². The third-order valence-corrected chi connectivity index (χ3v) is 4.99. The standard InChI is InChI=1S/C15H22NO/c1-16(11-12-5-3-2-4-6-12)13-7-9-14(16)15(17)10-8-13/h2-6,13-15,17H,7-11H2,1H3/q+1. The van der Waals surface area contributed by atoms with Crippen LogP contribution in [0.5, 0.6) is 0 Å². The van der Waals surface area contributed by atoms with Crippen LogP contribution < -0.4 is 0 Å². The summed E-state index contributed by atoms with van der Waals surface area (Å²) in [6.07, 6.45) is 4.63. The minimum Gasteiger partial charge on any atom is -0.387 e. The number of fused-ring (bicyclic) bond motifs is 2. The first-order valence-electron chi connectivity index (χ1n) is 6.77. The first-order chi connectivity index (χ1) is 8.20. The Balaban J connectivity index is 1.86. The number of benzene rings is 1. The van der Waals surface area contributed by atoms with Crippen molar-refractivity contribution < 1.29 is 9.59 Å². The predicted molar refractivity (Wildman–Crippen MR) is 68.4 cm³/mol. The maximum Gasteiger partial charge on any atom is 0.116 e. The lowest BCUT2D eigenvalue weighted by Gasteiger charge is -2.46. The molecule has 2 heterocycles. The van der Waals surface area contributed by atoms with E-state index in [4.69, 9.17) is 0 Å². The van der Waals surface area contributed by atoms with Crippen LogP contribution in [0.15, 0.2) is 30.3 Å². The highest BCUT2D eigenvalue weighted by atomic mass is 16.3. The Hall–Kier alpha value is -0.860. The van der Waals surface area contributed by atoms with Gasteiger partial charge >= 0.3 is 0 Å². The van der Waals surface area contributed by atoms with Gasteiger partial charge in [0.1, 0.15) is 18.7 Å². The number of nitrogens with zero attached hydrogens (tertiary/aromatic N) is 1. The maximum atomic E-state index is 10.2. The van der Waals surface area contributed by atoms with E-state index in [1.807, 2.05) is 0 Å². The van der Waals surface area contributed by atoms with Gasteiger partial charge in [-0.25, -0.2) is 0 Å². The molecular weight excluding hydrogens is 210 g/mol. The topological polar surface area (TPSA) is 20.2 Å². The Kier molecular flexibility index (Phi) is 2.72. The molecule has 0 radical (unpaired) electrons. The Bertz CT molecular complexity index is 391. The van der Waals surface area contributed by atoms with Crippen LogP contribution in [0.25, 0.3) is 0 Å². The molecule has 0 spiro atoms. The molecule has 2 saturated heterocycles. The zero-order valence-corrected chi connectivity index (χ0v) is 10.5. The number of aliphatic hydroxyl groups excluding tert-OH is 1. The minimum atomic E-state index is -0.0811. The molecule has 2 heteroatoms. The van der Waals surface area contributed by atoms with Crippen molar-refractivity contribution >= 4 is 0 Å². The predicted octanol–water partition coefficient (Wildman–Crippen LogP) is 2.32. The molecule has 2 aliphatic heterocycles. The summed E-state index contributed by atoms with van der Waals surface area (Å²) >= 11 is 0. The molecule has 3 rings (SSSR count). The Morgan fingerprint density at radius 3 is 2.59 bits per heavy atom. The normalized spacial score (nSPS) is 40.5. The maximum absolute atomic E-state index is 10.2. The number of aliphatic hydroxyl groups is 1. The summed E-state index contributed by atoms with van der Waals surface area (Å²) in [5.41, 5.74) is 1.40. The van der Waals surface area contributed by atoms with Crippen molar-refractivity contribution in [1.82, 2.24) is 0 Å². The molecule has 0 aromatic heterocycles. The monoisotopic (exact) mass is 232 g/mol. The van der Waals surface area contributed by atoms with Crippen molar-refractivity contribution in [3.8, 4) is 0 Å². The fourth-order valence-electron chi connectivity index (χ4n) is 4.03. The molecule has 4 atom stereocenters. The van der Waals surface area contributed by atoms with Gasteiger partial charge in [0.25, 0.3) is 0 Å². The number of likely N-dealkylation sites (N-methyl/N-ethyl adjacent to an activating group) is 1. The van der Waals surface area contributed by atoms with Gasteiger partial charge in [-0.3, -0.25) is 0 Å². The smallest absolute Gasteiger partial charge is 0.116 e. The van der Waals surface area contributed by atoms with Crippen LogP contribution in [-0.2, 0) is 6.54 Å². The van der Waals surface area contributed by atoms with E-state index < -0.39 is 0 Å². The largest absolute Gasteiger partial charge is 0.387 e. The molecule has 2 fully saturated rings. The Morgan fingerprint density at radius 2 is 1.82 bits per heavy atom. The third kappa shape index (κ3) is 1.80. The molecule has 2 aliphatic rings. The molecule has 17 heavy (non-hydrogen) atoms. The third-order valence-electron chi connectivity index (χ3n) is 4.99. The van der Waals surface area contributed by atoms with Gasteiger partial charge in [0, 0.05) is 24.8 Å². The molecule has 0 amide bonds. The molecule has 92 valence electrons. The molecule has 1 aromatic rings. The molecule has 4 unspecified atom stereocenters. The van der Waals surface area contributed by atoms with Crippen LogP contribution in [0.3, 0.4) is 0 Å². The van der Waals surface area contributed by atoms with Crippen LogP contribution >= 0.6 is 0 Å². The van der Waals surface area contributed by atoms with Crippen molar-refractivity contribution in [3.63, 3.8) is 0 Å². The zero-order chi connectivity index (χ0) is 11.9. The highest BCUT2D eigenvalue weighted by Gasteiger charge is 2.52. The molecule has 1 aromatic carbocycles. The van der Waals surface area contributed by atoms with Crippen molar-refractivity contribution in [2.75, 3.05) is 7.05 Å². The quantitative estimate of drug-likeness (QED) is 0.776. The van der Waals surface area contributed by atoms with Crippen LogP contribution in [-0.4, -0.2) is 34.8 Å². The summed E-state index contributed by atoms with van der Waals surface area (Å²) in [6.45, 7) is 1.08. The lowest BCUT2D eigenvalue weighted by atomic mass is 9.96. The molecule has 0 saturated carbocycles. The first-order valence-corrected chi connectivity index (χ1v) is 6.77. The Labute approximate surface area is 103 Å². The molecule has 2 bridgehead atoms. The molecule has 2 nitrogen and oxygen atoms in total. The number of hydrogen-bond acceptors (Lipinski definition) is 1. The summed E-state index contributed by atoms with van der Waals surface area (Å²) < 4.78 is 1.06. The van der Waals surface area contributed by atoms with Gasteiger partial charge in [0.2, 0.25) is 0 Å². The van der Waals surface area contributed by atoms with E-state index in [2.05, 4.69) is 37.4 Å². The average molecular weight is 232 g/mol. The van der Waals surface area contributed by atoms with Gasteiger partial charge in [-0.15, -0.1) is 0 Å². The number of hydrogen-bond donors (Lipinski definition) is 1. The van der Waals surface area contributed by atoms with E-state index in [-0.39, 0.29) is 6.10 Å². The summed E-state index contributed by atoms with van der Waals surface area (Å²) in [6, 6.07) is 12.0. The van der Waals surface area contributed by atoms with E-state index in [0.29, 0.717) is 6.04 Å². The van der Waals surface area contributed by atoms with Gasteiger partial charge in [-0.05, 0) is 6.42 Å². The summed E-state index contributed by atoms with van der Waals surface area (Å²) in [5, 5.41) is 10.2. The summed E-state index contributed by atoms with van der Waals surface area (Å²) in [4.78, 5) is 0. The van der Waals surface area contributed by atoms with Crippen LogP contribution in [0, 0.1) is 0 Å². The summed E-state index contributed by atoms with van der Waals surface area (Å²) in [5.74, 6) is 0. The van der Waals surface area contributed by atoms with Crippen molar-refractivity contribution in [2.45, 2.75) is 50.4 Å². The van der Waals surface area contributed by atoms with Crippen LogP contribution in [0.4, 0.5) is 0 Å². The SMILES string of the molecule is C[N+]1(Cc2ccccc2)C2CCC(O)C1CC2. The second-order valence-electron chi connectivity index (χ2n) is 5.93. The molecule has 0 aliphatic carbocycles. The van der Waals surface area contributed by atoms with Gasteiger partial charge in [-0.2, -0.15) is 0 Å². The molecular formula is C15H22NO+. The van der Waals surface area contributed by atoms with Crippen molar-refractivity contribution in [3.05, 3.63) is 35.9 Å². The fraction of sp³-hybridized carbons (Fsp3) is 0.600. The van der Waals surface area contributed by atoms with Gasteiger partial charge in [-0.1, -0.05) is 30.3 Å². The van der Waals surface area contributed by atoms with Crippen LogP contribution in [0.1, 0.15) is 31.2 Å². The van der Waals surface area contributed by atoms with Gasteiger partial charge < -0.3 is 9.59 Å². The lowest BCUT2D eigenvalue weighted by molar-refractivity contribution is -0.963. The highest BCUT2D eigenvalue weighted by Crippen LogP contribution is 2.42. The zero-order valence-electron chi connectivity index (χ0n) is 10.5. The van der Waals surface area contributed by atoms with Crippen LogP contribution in [0.2, 0.25) is 0 Å². The lowest BCUT2D eigenvalue weighted by Crippen LogP contribution is -2.59. The average Bonchev–Trinajstić information content (AvgIpc) is 2.51. The fourth-order valence-corrected chi connectivity index (χ4v) is 4.03. The van der Waals surface area contributed by atoms with Crippen molar-refractivity contribution in [2.24, 2.45) is 0 Å². The number of piperidine rings is 1. The first kappa shape index (κ1) is 11.2. The number of rotatable bonds is 2. The summed E-state index contributed by atoms with van der Waals surface area (Å²) in [7, 11) is 2.34. The van der Waals surface area contributed by atoms with E-state index in [0.717, 1.165) is 23.5 Å². The van der Waals surface area contributed by atoms with E-state index in [1.54, 1.807) is 0 Å². The molecule has 1 N–H and O–H groups in total. The van der Waals surface area contributed by atoms with Gasteiger partial charge in [0.15, 0.2) is 0 Å². The minimum absolute atomic E-state index is 0.0811. The second kappa shape index (κ2) is 4.11. The highest BCUT2D eigenvalue weighted by molar-refractivity contribution is 5.13. The van der Waals surface area contributed by atoms with Gasteiger partial charge in [0.05, 0.1) is 13.1 Å². The number of quaternary nitrogens is 1. The van der Waals surface area contributed by atoms with E-state index in [9.17, 15) is 5.11 Å². The van der Waals surface area contributed by atoms with E-state index in [1.165, 1.54) is 24.8 Å².